The molecular weight excluding hydrogens is 302 g/mol. The number of hydrogen-bond donors (Lipinski definition) is 1. The molecule has 2 aromatic carbocycles. The Morgan fingerprint density at radius 3 is 2.78 bits per heavy atom. The van der Waals surface area contributed by atoms with E-state index in [1.807, 2.05) is 30.3 Å². The number of aromatic nitrogens is 4. The summed E-state index contributed by atoms with van der Waals surface area (Å²) in [6.45, 7) is 0. The molecule has 23 heavy (non-hydrogen) atoms. The highest BCUT2D eigenvalue weighted by molar-refractivity contribution is 5.62. The fourth-order valence-electron chi connectivity index (χ4n) is 1.93. The lowest BCUT2D eigenvalue weighted by atomic mass is 10.3. The summed E-state index contributed by atoms with van der Waals surface area (Å²) in [6.07, 6.45) is 1.81. The van der Waals surface area contributed by atoms with Gasteiger partial charge in [0.1, 0.15) is 11.6 Å². The van der Waals surface area contributed by atoms with Gasteiger partial charge in [0, 0.05) is 18.7 Å². The van der Waals surface area contributed by atoms with E-state index in [1.54, 1.807) is 4.68 Å². The number of benzene rings is 2. The minimum absolute atomic E-state index is 0.0381. The van der Waals surface area contributed by atoms with Crippen LogP contribution in [0.25, 0.3) is 5.69 Å². The third-order valence-corrected chi connectivity index (χ3v) is 3.01. The third kappa shape index (κ3) is 3.54. The third-order valence-electron chi connectivity index (χ3n) is 3.01. The Morgan fingerprint density at radius 1 is 1.13 bits per heavy atom. The standard InChI is InChI=1S/C15H12F2N6/c16-11-6-7-13(17)14(10-11)19-18-9-8-15-20-21-22-23(15)12-4-2-1-3-5-12/h1-7,9-10,19H,8H2/b18-9+. The first-order valence-corrected chi connectivity index (χ1v) is 6.79. The maximum absolute atomic E-state index is 13.4. The number of tetrazole rings is 1. The van der Waals surface area contributed by atoms with Gasteiger partial charge >= 0.3 is 0 Å². The van der Waals surface area contributed by atoms with E-state index >= 15 is 0 Å². The van der Waals surface area contributed by atoms with Crippen molar-refractivity contribution in [2.75, 3.05) is 5.43 Å². The number of para-hydroxylation sites is 1. The van der Waals surface area contributed by atoms with E-state index in [1.165, 1.54) is 6.21 Å². The Kier molecular flexibility index (Phi) is 4.32. The normalized spacial score (nSPS) is 11.0. The van der Waals surface area contributed by atoms with Crippen LogP contribution in [0.15, 0.2) is 53.6 Å². The van der Waals surface area contributed by atoms with Crippen molar-refractivity contribution in [3.63, 3.8) is 0 Å². The van der Waals surface area contributed by atoms with Crippen LogP contribution in [-0.4, -0.2) is 26.4 Å². The van der Waals surface area contributed by atoms with Crippen molar-refractivity contribution in [1.82, 2.24) is 20.2 Å². The summed E-state index contributed by atoms with van der Waals surface area (Å²) in [6, 6.07) is 12.5. The average Bonchev–Trinajstić information content (AvgIpc) is 3.04. The van der Waals surface area contributed by atoms with Crippen LogP contribution in [0.1, 0.15) is 5.82 Å². The number of hydrazone groups is 1. The molecule has 1 heterocycles. The molecule has 1 aromatic heterocycles. The number of anilines is 1. The quantitative estimate of drug-likeness (QED) is 0.580. The van der Waals surface area contributed by atoms with Crippen LogP contribution >= 0.6 is 0 Å². The Morgan fingerprint density at radius 2 is 1.96 bits per heavy atom. The van der Waals surface area contributed by atoms with Crippen molar-refractivity contribution in [1.29, 1.82) is 0 Å². The lowest BCUT2D eigenvalue weighted by Crippen LogP contribution is -2.04. The number of halogens is 2. The second-order valence-corrected chi connectivity index (χ2v) is 4.59. The van der Waals surface area contributed by atoms with Crippen molar-refractivity contribution in [2.24, 2.45) is 5.10 Å². The Hall–Kier alpha value is -3.16. The van der Waals surface area contributed by atoms with Gasteiger partial charge in [0.25, 0.3) is 0 Å². The van der Waals surface area contributed by atoms with Gasteiger partial charge in [-0.15, -0.1) is 5.10 Å². The van der Waals surface area contributed by atoms with Gasteiger partial charge in [-0.25, -0.2) is 8.78 Å². The highest BCUT2D eigenvalue weighted by atomic mass is 19.1. The first kappa shape index (κ1) is 14.8. The van der Waals surface area contributed by atoms with Crippen LogP contribution in [0.4, 0.5) is 14.5 Å². The molecule has 0 aliphatic rings. The average molecular weight is 314 g/mol. The zero-order chi connectivity index (χ0) is 16.1. The molecule has 0 aliphatic carbocycles. The summed E-state index contributed by atoms with van der Waals surface area (Å²) < 4.78 is 28.0. The van der Waals surface area contributed by atoms with Gasteiger partial charge in [-0.1, -0.05) is 18.2 Å². The molecule has 0 amide bonds. The highest BCUT2D eigenvalue weighted by Gasteiger charge is 2.06. The molecule has 0 saturated heterocycles. The van der Waals surface area contributed by atoms with Gasteiger partial charge in [-0.2, -0.15) is 9.78 Å². The first-order chi connectivity index (χ1) is 11.2. The summed E-state index contributed by atoms with van der Waals surface area (Å²) in [5, 5.41) is 15.3. The van der Waals surface area contributed by atoms with Gasteiger partial charge in [-0.3, -0.25) is 5.43 Å². The van der Waals surface area contributed by atoms with E-state index in [0.29, 0.717) is 12.2 Å². The molecule has 0 atom stereocenters. The molecule has 0 unspecified atom stereocenters. The Labute approximate surface area is 130 Å². The Bertz CT molecular complexity index is 816. The van der Waals surface area contributed by atoms with Crippen LogP contribution in [0.2, 0.25) is 0 Å². The lowest BCUT2D eigenvalue weighted by molar-refractivity contribution is 0.603. The predicted octanol–water partition coefficient (Wildman–Crippen LogP) is 2.58. The van der Waals surface area contributed by atoms with Gasteiger partial charge in [0.2, 0.25) is 0 Å². The van der Waals surface area contributed by atoms with E-state index in [-0.39, 0.29) is 5.69 Å². The molecule has 0 spiro atoms. The van der Waals surface area contributed by atoms with E-state index in [4.69, 9.17) is 0 Å². The largest absolute Gasteiger partial charge is 0.276 e. The molecule has 0 radical (unpaired) electrons. The van der Waals surface area contributed by atoms with Crippen molar-refractivity contribution in [3.05, 3.63) is 66.0 Å². The van der Waals surface area contributed by atoms with Crippen LogP contribution in [0, 0.1) is 11.6 Å². The Balaban J connectivity index is 1.67. The van der Waals surface area contributed by atoms with Crippen molar-refractivity contribution in [3.8, 4) is 5.69 Å². The number of nitrogens with zero attached hydrogens (tertiary/aromatic N) is 5. The zero-order valence-corrected chi connectivity index (χ0v) is 11.9. The molecule has 0 aliphatic heterocycles. The molecule has 1 N–H and O–H groups in total. The number of rotatable bonds is 5. The molecule has 116 valence electrons. The fourth-order valence-corrected chi connectivity index (χ4v) is 1.93. The fraction of sp³-hybridized carbons (Fsp3) is 0.0667. The maximum atomic E-state index is 13.4. The molecule has 0 bridgehead atoms. The first-order valence-electron chi connectivity index (χ1n) is 6.79. The van der Waals surface area contributed by atoms with Crippen molar-refractivity contribution >= 4 is 11.9 Å². The second kappa shape index (κ2) is 6.73. The van der Waals surface area contributed by atoms with Crippen LogP contribution in [-0.2, 0) is 6.42 Å². The highest BCUT2D eigenvalue weighted by Crippen LogP contribution is 2.14. The van der Waals surface area contributed by atoms with Gasteiger partial charge < -0.3 is 0 Å². The molecule has 0 fully saturated rings. The monoisotopic (exact) mass is 314 g/mol. The van der Waals surface area contributed by atoms with Crippen molar-refractivity contribution < 1.29 is 8.78 Å². The molecular formula is C15H12F2N6. The predicted molar refractivity (Wildman–Crippen MR) is 81.3 cm³/mol. The van der Waals surface area contributed by atoms with Crippen molar-refractivity contribution in [2.45, 2.75) is 6.42 Å². The second-order valence-electron chi connectivity index (χ2n) is 4.59. The SMILES string of the molecule is Fc1ccc(F)c(N/N=C/Cc2nnnn2-c2ccccc2)c1. The molecule has 0 saturated carbocycles. The van der Waals surface area contributed by atoms with E-state index < -0.39 is 11.6 Å². The summed E-state index contributed by atoms with van der Waals surface area (Å²) in [5.41, 5.74) is 3.24. The number of hydrogen-bond acceptors (Lipinski definition) is 5. The van der Waals surface area contributed by atoms with Crippen LogP contribution < -0.4 is 5.43 Å². The molecule has 3 aromatic rings. The summed E-state index contributed by atoms with van der Waals surface area (Å²) in [5.74, 6) is -0.559. The van der Waals surface area contributed by atoms with Crippen LogP contribution in [0.3, 0.4) is 0 Å². The van der Waals surface area contributed by atoms with E-state index in [0.717, 1.165) is 23.9 Å². The number of nitrogens with one attached hydrogen (secondary N) is 1. The minimum Gasteiger partial charge on any atom is -0.276 e. The van der Waals surface area contributed by atoms with Gasteiger partial charge in [0.05, 0.1) is 11.4 Å². The topological polar surface area (TPSA) is 68.0 Å². The molecule has 6 nitrogen and oxygen atoms in total. The van der Waals surface area contributed by atoms with E-state index in [2.05, 4.69) is 26.1 Å². The van der Waals surface area contributed by atoms with Gasteiger partial charge in [-0.05, 0) is 34.7 Å². The minimum atomic E-state index is -0.585. The smallest absolute Gasteiger partial charge is 0.162 e. The van der Waals surface area contributed by atoms with E-state index in [9.17, 15) is 8.78 Å². The lowest BCUT2D eigenvalue weighted by Gasteiger charge is -2.03. The summed E-state index contributed by atoms with van der Waals surface area (Å²) in [7, 11) is 0. The summed E-state index contributed by atoms with van der Waals surface area (Å²) in [4.78, 5) is 0. The molecule has 8 heteroatoms. The zero-order valence-electron chi connectivity index (χ0n) is 11.9. The van der Waals surface area contributed by atoms with Gasteiger partial charge in [0.15, 0.2) is 5.82 Å². The molecule has 3 rings (SSSR count). The van der Waals surface area contributed by atoms with Crippen LogP contribution in [0.5, 0.6) is 0 Å². The summed E-state index contributed by atoms with van der Waals surface area (Å²) >= 11 is 0. The maximum Gasteiger partial charge on any atom is 0.162 e.